The highest BCUT2D eigenvalue weighted by molar-refractivity contribution is 7.98. The lowest BCUT2D eigenvalue weighted by molar-refractivity contribution is -0.127. The van der Waals surface area contributed by atoms with Gasteiger partial charge >= 0.3 is 6.18 Å². The van der Waals surface area contributed by atoms with Crippen molar-refractivity contribution in [3.05, 3.63) is 16.1 Å². The van der Waals surface area contributed by atoms with Gasteiger partial charge in [-0.2, -0.15) is 24.9 Å². The Balaban J connectivity index is 2.57. The van der Waals surface area contributed by atoms with Crippen LogP contribution in [-0.2, 0) is 6.42 Å². The molecule has 0 aliphatic carbocycles. The van der Waals surface area contributed by atoms with Gasteiger partial charge in [0.05, 0.1) is 12.1 Å². The van der Waals surface area contributed by atoms with Crippen molar-refractivity contribution in [3.8, 4) is 0 Å². The molecule has 16 heavy (non-hydrogen) atoms. The van der Waals surface area contributed by atoms with Crippen molar-refractivity contribution in [3.63, 3.8) is 0 Å². The van der Waals surface area contributed by atoms with Gasteiger partial charge in [0.15, 0.2) is 0 Å². The van der Waals surface area contributed by atoms with Crippen LogP contribution in [0, 0.1) is 0 Å². The highest BCUT2D eigenvalue weighted by atomic mass is 32.2. The van der Waals surface area contributed by atoms with Crippen LogP contribution >= 0.6 is 23.1 Å². The van der Waals surface area contributed by atoms with Crippen molar-refractivity contribution in [1.29, 1.82) is 0 Å². The van der Waals surface area contributed by atoms with Crippen molar-refractivity contribution in [2.24, 2.45) is 5.73 Å². The highest BCUT2D eigenvalue weighted by Gasteiger charge is 2.29. The number of nitrogens with two attached hydrogens (primary N) is 1. The van der Waals surface area contributed by atoms with Crippen LogP contribution in [0.5, 0.6) is 0 Å². The lowest BCUT2D eigenvalue weighted by Gasteiger charge is -2.07. The monoisotopic (exact) mass is 270 g/mol. The molecule has 0 saturated heterocycles. The van der Waals surface area contributed by atoms with E-state index in [2.05, 4.69) is 4.98 Å². The third kappa shape index (κ3) is 4.71. The van der Waals surface area contributed by atoms with E-state index in [1.165, 1.54) is 0 Å². The number of hydrogen-bond donors (Lipinski definition) is 1. The van der Waals surface area contributed by atoms with E-state index in [4.69, 9.17) is 5.73 Å². The number of halogens is 3. The second kappa shape index (κ2) is 5.88. The topological polar surface area (TPSA) is 38.9 Å². The smallest absolute Gasteiger partial charge is 0.323 e. The SMILES string of the molecule is CSCCC(N)c1csc(CC(F)(F)F)n1. The zero-order valence-electron chi connectivity index (χ0n) is 8.75. The van der Waals surface area contributed by atoms with Crippen LogP contribution in [0.3, 0.4) is 0 Å². The van der Waals surface area contributed by atoms with Gasteiger partial charge in [0, 0.05) is 11.4 Å². The second-order valence-electron chi connectivity index (χ2n) is 3.35. The normalized spacial score (nSPS) is 14.1. The molecule has 0 amide bonds. The molecule has 0 aromatic carbocycles. The number of hydrogen-bond acceptors (Lipinski definition) is 4. The van der Waals surface area contributed by atoms with Crippen LogP contribution in [0.1, 0.15) is 23.2 Å². The zero-order valence-corrected chi connectivity index (χ0v) is 10.4. The minimum absolute atomic E-state index is 0.0853. The standard InChI is InChI=1S/C9H13F3N2S2/c1-15-3-2-6(13)7-5-16-8(14-7)4-9(10,11)12/h5-6H,2-4,13H2,1H3. The summed E-state index contributed by atoms with van der Waals surface area (Å²) in [7, 11) is 0. The van der Waals surface area contributed by atoms with Crippen LogP contribution < -0.4 is 5.73 Å². The minimum atomic E-state index is -4.20. The molecule has 7 heteroatoms. The molecule has 1 aromatic heterocycles. The Hall–Kier alpha value is -0.270. The van der Waals surface area contributed by atoms with Crippen LogP contribution in [0.2, 0.25) is 0 Å². The largest absolute Gasteiger partial charge is 0.395 e. The Bertz CT molecular complexity index is 325. The first-order chi connectivity index (χ1) is 7.42. The summed E-state index contributed by atoms with van der Waals surface area (Å²) in [5, 5.41) is 1.70. The molecule has 2 N–H and O–H groups in total. The van der Waals surface area contributed by atoms with Crippen molar-refractivity contribution in [2.75, 3.05) is 12.0 Å². The minimum Gasteiger partial charge on any atom is -0.323 e. The average Bonchev–Trinajstić information content (AvgIpc) is 2.59. The number of thiazole rings is 1. The molecule has 0 spiro atoms. The lowest BCUT2D eigenvalue weighted by Crippen LogP contribution is -2.14. The van der Waals surface area contributed by atoms with Gasteiger partial charge in [0.1, 0.15) is 5.01 Å². The van der Waals surface area contributed by atoms with Crippen LogP contribution in [0.25, 0.3) is 0 Å². The summed E-state index contributed by atoms with van der Waals surface area (Å²) in [6.07, 6.45) is -2.47. The molecule has 1 heterocycles. The van der Waals surface area contributed by atoms with Gasteiger partial charge in [-0.3, -0.25) is 0 Å². The Kier molecular flexibility index (Phi) is 5.07. The Morgan fingerprint density at radius 3 is 2.81 bits per heavy atom. The van der Waals surface area contributed by atoms with Crippen molar-refractivity contribution >= 4 is 23.1 Å². The molecule has 0 saturated carbocycles. The van der Waals surface area contributed by atoms with Crippen LogP contribution in [0.15, 0.2) is 5.38 Å². The summed E-state index contributed by atoms with van der Waals surface area (Å²) in [5.41, 5.74) is 6.38. The fourth-order valence-corrected chi connectivity index (χ4v) is 2.52. The Morgan fingerprint density at radius 2 is 2.25 bits per heavy atom. The van der Waals surface area contributed by atoms with E-state index in [9.17, 15) is 13.2 Å². The fraction of sp³-hybridized carbons (Fsp3) is 0.667. The summed E-state index contributed by atoms with van der Waals surface area (Å²) in [6, 6.07) is -0.259. The van der Waals surface area contributed by atoms with Crippen molar-refractivity contribution in [2.45, 2.75) is 25.1 Å². The number of alkyl halides is 3. The zero-order chi connectivity index (χ0) is 12.2. The van der Waals surface area contributed by atoms with E-state index in [-0.39, 0.29) is 11.0 Å². The molecule has 1 aromatic rings. The first-order valence-electron chi connectivity index (χ1n) is 4.68. The summed E-state index contributed by atoms with van der Waals surface area (Å²) in [6.45, 7) is 0. The number of thioether (sulfide) groups is 1. The van der Waals surface area contributed by atoms with Crippen LogP contribution in [-0.4, -0.2) is 23.2 Å². The molecule has 2 nitrogen and oxygen atoms in total. The first kappa shape index (κ1) is 13.8. The molecule has 0 fully saturated rings. The average molecular weight is 270 g/mol. The van der Waals surface area contributed by atoms with Gasteiger partial charge in [0.2, 0.25) is 0 Å². The van der Waals surface area contributed by atoms with E-state index in [1.807, 2.05) is 6.26 Å². The van der Waals surface area contributed by atoms with Gasteiger partial charge in [0.25, 0.3) is 0 Å². The number of aromatic nitrogens is 1. The maximum absolute atomic E-state index is 12.1. The Labute approximate surface area is 100 Å². The lowest BCUT2D eigenvalue weighted by atomic mass is 10.2. The van der Waals surface area contributed by atoms with E-state index < -0.39 is 12.6 Å². The molecular formula is C9H13F3N2S2. The maximum atomic E-state index is 12.1. The molecule has 0 bridgehead atoms. The third-order valence-corrected chi connectivity index (χ3v) is 3.45. The first-order valence-corrected chi connectivity index (χ1v) is 6.95. The number of nitrogens with zero attached hydrogens (tertiary/aromatic N) is 1. The van der Waals surface area contributed by atoms with E-state index in [1.54, 1.807) is 17.1 Å². The predicted octanol–water partition coefficient (Wildman–Crippen LogP) is 3.00. The Morgan fingerprint density at radius 1 is 1.56 bits per heavy atom. The summed E-state index contributed by atoms with van der Waals surface area (Å²) in [5.74, 6) is 0.882. The summed E-state index contributed by atoms with van der Waals surface area (Å²) >= 11 is 2.68. The molecule has 1 rings (SSSR count). The van der Waals surface area contributed by atoms with Gasteiger partial charge in [-0.05, 0) is 18.4 Å². The number of rotatable bonds is 5. The van der Waals surface area contributed by atoms with Gasteiger partial charge in [-0.25, -0.2) is 4.98 Å². The summed E-state index contributed by atoms with van der Waals surface area (Å²) < 4.78 is 36.3. The quantitative estimate of drug-likeness (QED) is 0.894. The van der Waals surface area contributed by atoms with E-state index in [0.29, 0.717) is 5.69 Å². The summed E-state index contributed by atoms with van der Waals surface area (Å²) in [4.78, 5) is 3.91. The fourth-order valence-electron chi connectivity index (χ4n) is 1.14. The van der Waals surface area contributed by atoms with Gasteiger partial charge in [-0.15, -0.1) is 11.3 Å². The molecule has 0 aliphatic rings. The van der Waals surface area contributed by atoms with E-state index >= 15 is 0 Å². The van der Waals surface area contributed by atoms with Crippen LogP contribution in [0.4, 0.5) is 13.2 Å². The molecule has 0 radical (unpaired) electrons. The molecule has 1 atom stereocenters. The highest BCUT2D eigenvalue weighted by Crippen LogP contribution is 2.25. The predicted molar refractivity (Wildman–Crippen MR) is 61.8 cm³/mol. The third-order valence-electron chi connectivity index (χ3n) is 1.93. The van der Waals surface area contributed by atoms with Gasteiger partial charge < -0.3 is 5.73 Å². The molecule has 92 valence electrons. The molecule has 0 aliphatic heterocycles. The van der Waals surface area contributed by atoms with E-state index in [0.717, 1.165) is 23.5 Å². The molecule has 1 unspecified atom stereocenters. The van der Waals surface area contributed by atoms with Crippen molar-refractivity contribution in [1.82, 2.24) is 4.98 Å². The maximum Gasteiger partial charge on any atom is 0.395 e. The van der Waals surface area contributed by atoms with Crippen molar-refractivity contribution < 1.29 is 13.2 Å². The van der Waals surface area contributed by atoms with Gasteiger partial charge in [-0.1, -0.05) is 0 Å². The molecular weight excluding hydrogens is 257 g/mol. The second-order valence-corrected chi connectivity index (χ2v) is 5.27.